The minimum atomic E-state index is 0.523. The highest BCUT2D eigenvalue weighted by Gasteiger charge is 2.30. The molecule has 0 heterocycles. The SMILES string of the molecule is CCOc1ccc(CNCC2(C)CCC2)cc1OC. The predicted octanol–water partition coefficient (Wildman–Crippen LogP) is 3.37. The number of rotatable bonds is 7. The van der Waals surface area contributed by atoms with Crippen LogP contribution in [-0.4, -0.2) is 20.3 Å². The molecule has 0 aliphatic heterocycles. The molecule has 2 rings (SSSR count). The van der Waals surface area contributed by atoms with Crippen LogP contribution < -0.4 is 14.8 Å². The standard InChI is InChI=1S/C16H25NO2/c1-4-19-14-7-6-13(10-15(14)18-3)11-17-12-16(2)8-5-9-16/h6-7,10,17H,4-5,8-9,11-12H2,1-3H3. The van der Waals surface area contributed by atoms with Crippen LogP contribution in [0.5, 0.6) is 11.5 Å². The molecular weight excluding hydrogens is 238 g/mol. The first kappa shape index (κ1) is 14.2. The van der Waals surface area contributed by atoms with Gasteiger partial charge in [0.15, 0.2) is 11.5 Å². The summed E-state index contributed by atoms with van der Waals surface area (Å²) in [6.45, 7) is 6.99. The molecule has 0 amide bonds. The summed E-state index contributed by atoms with van der Waals surface area (Å²) in [5.74, 6) is 1.63. The maximum atomic E-state index is 5.52. The van der Waals surface area contributed by atoms with Gasteiger partial charge in [0.1, 0.15) is 0 Å². The molecule has 0 bridgehead atoms. The molecule has 1 aromatic rings. The molecule has 0 saturated heterocycles. The van der Waals surface area contributed by atoms with Gasteiger partial charge in [0.2, 0.25) is 0 Å². The zero-order chi connectivity index (χ0) is 13.7. The van der Waals surface area contributed by atoms with E-state index in [2.05, 4.69) is 24.4 Å². The topological polar surface area (TPSA) is 30.5 Å². The van der Waals surface area contributed by atoms with E-state index in [9.17, 15) is 0 Å². The molecule has 19 heavy (non-hydrogen) atoms. The highest BCUT2D eigenvalue weighted by atomic mass is 16.5. The molecule has 3 heteroatoms. The third kappa shape index (κ3) is 3.63. The highest BCUT2D eigenvalue weighted by molar-refractivity contribution is 5.42. The van der Waals surface area contributed by atoms with Gasteiger partial charge in [-0.2, -0.15) is 0 Å². The lowest BCUT2D eigenvalue weighted by Crippen LogP contribution is -2.36. The molecule has 0 aromatic heterocycles. The molecule has 1 aliphatic carbocycles. The predicted molar refractivity (Wildman–Crippen MR) is 77.8 cm³/mol. The maximum Gasteiger partial charge on any atom is 0.161 e. The summed E-state index contributed by atoms with van der Waals surface area (Å²) >= 11 is 0. The van der Waals surface area contributed by atoms with Crippen molar-refractivity contribution in [3.05, 3.63) is 23.8 Å². The summed E-state index contributed by atoms with van der Waals surface area (Å²) in [6.07, 6.45) is 4.09. The lowest BCUT2D eigenvalue weighted by molar-refractivity contribution is 0.156. The first-order valence-electron chi connectivity index (χ1n) is 7.17. The van der Waals surface area contributed by atoms with Crippen LogP contribution in [0, 0.1) is 5.41 Å². The second-order valence-electron chi connectivity index (χ2n) is 5.69. The molecule has 0 atom stereocenters. The molecule has 0 radical (unpaired) electrons. The first-order chi connectivity index (χ1) is 9.17. The summed E-state index contributed by atoms with van der Waals surface area (Å²) in [7, 11) is 1.68. The second kappa shape index (κ2) is 6.29. The van der Waals surface area contributed by atoms with Gasteiger partial charge in [-0.05, 0) is 42.9 Å². The van der Waals surface area contributed by atoms with E-state index in [0.29, 0.717) is 12.0 Å². The van der Waals surface area contributed by atoms with Crippen LogP contribution in [0.15, 0.2) is 18.2 Å². The van der Waals surface area contributed by atoms with Gasteiger partial charge in [-0.3, -0.25) is 0 Å². The Labute approximate surface area is 116 Å². The fraction of sp³-hybridized carbons (Fsp3) is 0.625. The van der Waals surface area contributed by atoms with E-state index in [1.54, 1.807) is 7.11 Å². The molecule has 1 fully saturated rings. The fourth-order valence-electron chi connectivity index (χ4n) is 2.56. The molecule has 3 nitrogen and oxygen atoms in total. The molecule has 106 valence electrons. The monoisotopic (exact) mass is 263 g/mol. The van der Waals surface area contributed by atoms with Crippen molar-refractivity contribution in [3.63, 3.8) is 0 Å². The Morgan fingerprint density at radius 2 is 2.05 bits per heavy atom. The van der Waals surface area contributed by atoms with Crippen LogP contribution in [-0.2, 0) is 6.54 Å². The minimum Gasteiger partial charge on any atom is -0.493 e. The summed E-state index contributed by atoms with van der Waals surface area (Å²) in [5.41, 5.74) is 1.76. The van der Waals surface area contributed by atoms with E-state index in [1.807, 2.05) is 13.0 Å². The van der Waals surface area contributed by atoms with Crippen LogP contribution >= 0.6 is 0 Å². The lowest BCUT2D eigenvalue weighted by atomic mass is 9.70. The number of hydrogen-bond donors (Lipinski definition) is 1. The average molecular weight is 263 g/mol. The first-order valence-corrected chi connectivity index (χ1v) is 7.17. The molecule has 0 spiro atoms. The normalized spacial score (nSPS) is 16.8. The minimum absolute atomic E-state index is 0.523. The molecule has 1 aliphatic rings. The van der Waals surface area contributed by atoms with Gasteiger partial charge >= 0.3 is 0 Å². The van der Waals surface area contributed by atoms with E-state index in [4.69, 9.17) is 9.47 Å². The molecule has 1 aromatic carbocycles. The Kier molecular flexibility index (Phi) is 4.70. The maximum absolute atomic E-state index is 5.52. The van der Waals surface area contributed by atoms with Crippen molar-refractivity contribution in [1.82, 2.24) is 5.32 Å². The van der Waals surface area contributed by atoms with E-state index in [1.165, 1.54) is 24.8 Å². The molecule has 1 N–H and O–H groups in total. The Morgan fingerprint density at radius 1 is 1.26 bits per heavy atom. The van der Waals surface area contributed by atoms with Crippen molar-refractivity contribution < 1.29 is 9.47 Å². The Bertz CT molecular complexity index is 413. The van der Waals surface area contributed by atoms with Crippen LogP contribution in [0.2, 0.25) is 0 Å². The van der Waals surface area contributed by atoms with Gasteiger partial charge in [0.25, 0.3) is 0 Å². The zero-order valence-electron chi connectivity index (χ0n) is 12.3. The average Bonchev–Trinajstić information content (AvgIpc) is 2.38. The van der Waals surface area contributed by atoms with Crippen LogP contribution in [0.3, 0.4) is 0 Å². The Morgan fingerprint density at radius 3 is 2.63 bits per heavy atom. The zero-order valence-corrected chi connectivity index (χ0v) is 12.3. The van der Waals surface area contributed by atoms with Crippen LogP contribution in [0.1, 0.15) is 38.7 Å². The summed E-state index contributed by atoms with van der Waals surface area (Å²) in [4.78, 5) is 0. The number of hydrogen-bond acceptors (Lipinski definition) is 3. The number of nitrogens with one attached hydrogen (secondary N) is 1. The number of benzene rings is 1. The van der Waals surface area contributed by atoms with E-state index in [0.717, 1.165) is 24.6 Å². The third-order valence-electron chi connectivity index (χ3n) is 3.97. The van der Waals surface area contributed by atoms with Gasteiger partial charge in [-0.15, -0.1) is 0 Å². The summed E-state index contributed by atoms with van der Waals surface area (Å²) in [5, 5.41) is 3.55. The van der Waals surface area contributed by atoms with Crippen molar-refractivity contribution in [2.45, 2.75) is 39.7 Å². The molecule has 0 unspecified atom stereocenters. The Balaban J connectivity index is 1.89. The van der Waals surface area contributed by atoms with Crippen LogP contribution in [0.4, 0.5) is 0 Å². The fourth-order valence-corrected chi connectivity index (χ4v) is 2.56. The number of methoxy groups -OCH3 is 1. The second-order valence-corrected chi connectivity index (χ2v) is 5.69. The van der Waals surface area contributed by atoms with Gasteiger partial charge < -0.3 is 14.8 Å². The van der Waals surface area contributed by atoms with Gasteiger partial charge in [-0.25, -0.2) is 0 Å². The largest absolute Gasteiger partial charge is 0.493 e. The van der Waals surface area contributed by atoms with Gasteiger partial charge in [-0.1, -0.05) is 19.4 Å². The lowest BCUT2D eigenvalue weighted by Gasteiger charge is -2.38. The van der Waals surface area contributed by atoms with E-state index in [-0.39, 0.29) is 0 Å². The summed E-state index contributed by atoms with van der Waals surface area (Å²) < 4.78 is 10.9. The molecular formula is C16H25NO2. The van der Waals surface area contributed by atoms with Crippen molar-refractivity contribution >= 4 is 0 Å². The van der Waals surface area contributed by atoms with Gasteiger partial charge in [0.05, 0.1) is 13.7 Å². The third-order valence-corrected chi connectivity index (χ3v) is 3.97. The van der Waals surface area contributed by atoms with Crippen LogP contribution in [0.25, 0.3) is 0 Å². The highest BCUT2D eigenvalue weighted by Crippen LogP contribution is 2.39. The molecule has 1 saturated carbocycles. The summed E-state index contributed by atoms with van der Waals surface area (Å²) in [6, 6.07) is 6.15. The number of ether oxygens (including phenoxy) is 2. The smallest absolute Gasteiger partial charge is 0.161 e. The van der Waals surface area contributed by atoms with Gasteiger partial charge in [0, 0.05) is 13.1 Å². The quantitative estimate of drug-likeness (QED) is 0.818. The van der Waals surface area contributed by atoms with Crippen molar-refractivity contribution in [2.24, 2.45) is 5.41 Å². The Hall–Kier alpha value is -1.22. The van der Waals surface area contributed by atoms with Crippen molar-refractivity contribution in [3.8, 4) is 11.5 Å². The van der Waals surface area contributed by atoms with Crippen molar-refractivity contribution in [1.29, 1.82) is 0 Å². The van der Waals surface area contributed by atoms with E-state index >= 15 is 0 Å². The van der Waals surface area contributed by atoms with E-state index < -0.39 is 0 Å². The van der Waals surface area contributed by atoms with Crippen molar-refractivity contribution in [2.75, 3.05) is 20.3 Å².